The van der Waals surface area contributed by atoms with Gasteiger partial charge in [0.1, 0.15) is 12.0 Å². The van der Waals surface area contributed by atoms with Crippen LogP contribution in [0.15, 0.2) is 12.2 Å². The van der Waals surface area contributed by atoms with Gasteiger partial charge in [0, 0.05) is 35.8 Å². The van der Waals surface area contributed by atoms with Gasteiger partial charge in [-0.1, -0.05) is 25.5 Å². The molecule has 8 unspecified atom stereocenters. The summed E-state index contributed by atoms with van der Waals surface area (Å²) in [7, 11) is 0. The SMILES string of the molecule is C=C1CC23CC(=O)C4C56CCC[C@@]4(C)C4OCCN4C5C2CC1CC36. The molecule has 25 heavy (non-hydrogen) atoms. The van der Waals surface area contributed by atoms with Crippen molar-refractivity contribution in [3.05, 3.63) is 12.2 Å². The fraction of sp³-hybridized carbons (Fsp3) is 0.864. The van der Waals surface area contributed by atoms with Crippen LogP contribution >= 0.6 is 0 Å². The normalized spacial score (nSPS) is 63.9. The number of Topliss-reactive ketones (excluding diaryl/α,β-unsaturated/α-hetero) is 1. The van der Waals surface area contributed by atoms with E-state index in [4.69, 9.17) is 4.74 Å². The molecule has 8 rings (SSSR count). The minimum atomic E-state index is 0.0533. The largest absolute Gasteiger partial charge is 0.361 e. The average molecular weight is 339 g/mol. The van der Waals surface area contributed by atoms with Gasteiger partial charge in [-0.3, -0.25) is 9.69 Å². The van der Waals surface area contributed by atoms with Crippen LogP contribution in [0.5, 0.6) is 0 Å². The highest BCUT2D eigenvalue weighted by atomic mass is 16.5. The molecular formula is C22H29NO2. The maximum absolute atomic E-state index is 13.7. The van der Waals surface area contributed by atoms with Crippen molar-refractivity contribution < 1.29 is 9.53 Å². The maximum Gasteiger partial charge on any atom is 0.137 e. The van der Waals surface area contributed by atoms with Gasteiger partial charge in [0.15, 0.2) is 0 Å². The maximum atomic E-state index is 13.7. The Morgan fingerprint density at radius 1 is 1.24 bits per heavy atom. The summed E-state index contributed by atoms with van der Waals surface area (Å²) < 4.78 is 6.35. The molecule has 3 nitrogen and oxygen atoms in total. The molecule has 0 radical (unpaired) electrons. The number of hydrogen-bond acceptors (Lipinski definition) is 3. The van der Waals surface area contributed by atoms with Crippen LogP contribution in [0, 0.1) is 39.9 Å². The summed E-state index contributed by atoms with van der Waals surface area (Å²) >= 11 is 0. The first-order valence-electron chi connectivity index (χ1n) is 10.6. The lowest BCUT2D eigenvalue weighted by Gasteiger charge is -2.67. The van der Waals surface area contributed by atoms with Crippen molar-refractivity contribution in [2.45, 2.75) is 64.1 Å². The molecule has 134 valence electrons. The predicted octanol–water partition coefficient (Wildman–Crippen LogP) is 3.39. The van der Waals surface area contributed by atoms with Gasteiger partial charge in [0.05, 0.1) is 6.61 Å². The molecule has 2 saturated heterocycles. The van der Waals surface area contributed by atoms with E-state index in [2.05, 4.69) is 18.4 Å². The summed E-state index contributed by atoms with van der Waals surface area (Å²) in [5.41, 5.74) is 2.06. The van der Waals surface area contributed by atoms with E-state index < -0.39 is 0 Å². The Balaban J connectivity index is 1.54. The number of nitrogens with zero attached hydrogens (tertiary/aromatic N) is 1. The number of allylic oxidation sites excluding steroid dienone is 1. The highest BCUT2D eigenvalue weighted by Gasteiger charge is 2.83. The first kappa shape index (κ1) is 14.4. The summed E-state index contributed by atoms with van der Waals surface area (Å²) in [5, 5.41) is 0. The molecule has 0 aromatic carbocycles. The number of carbonyl (C=O) groups is 1. The van der Waals surface area contributed by atoms with Crippen molar-refractivity contribution in [1.29, 1.82) is 0 Å². The van der Waals surface area contributed by atoms with Gasteiger partial charge in [-0.2, -0.15) is 0 Å². The van der Waals surface area contributed by atoms with Crippen LogP contribution in [0.1, 0.15) is 51.9 Å². The smallest absolute Gasteiger partial charge is 0.137 e. The summed E-state index contributed by atoms with van der Waals surface area (Å²) in [6.07, 6.45) is 8.64. The number of rotatable bonds is 0. The number of ether oxygens (including phenoxy) is 1. The molecule has 6 aliphatic carbocycles. The third kappa shape index (κ3) is 1.22. The summed E-state index contributed by atoms with van der Waals surface area (Å²) in [5.74, 6) is 3.12. The lowest BCUT2D eigenvalue weighted by Crippen LogP contribution is -2.71. The standard InChI is InChI=1S/C22H29NO2/c1-12-10-21-11-15(24)17-20(2)4-3-5-22(17)16(21)9-13(12)8-14(21)18(22)23-6-7-25-19(20)23/h13-14,16-19H,1,3-11H2,2H3/t13?,14?,16?,17?,18?,19?,20-,21?,22?/m1/s1. The molecule has 2 heterocycles. The van der Waals surface area contributed by atoms with Crippen LogP contribution < -0.4 is 0 Å². The molecule has 6 saturated carbocycles. The number of hydrogen-bond donors (Lipinski definition) is 0. The van der Waals surface area contributed by atoms with Crippen molar-refractivity contribution in [3.8, 4) is 0 Å². The van der Waals surface area contributed by atoms with Crippen molar-refractivity contribution in [2.75, 3.05) is 13.2 Å². The third-order valence-electron chi connectivity index (χ3n) is 10.4. The Labute approximate surface area is 150 Å². The highest BCUT2D eigenvalue weighted by molar-refractivity contribution is 5.86. The first-order valence-corrected chi connectivity index (χ1v) is 10.6. The zero-order chi connectivity index (χ0) is 16.8. The van der Waals surface area contributed by atoms with Gasteiger partial charge >= 0.3 is 0 Å². The molecule has 0 aromatic rings. The third-order valence-corrected chi connectivity index (χ3v) is 10.4. The zero-order valence-corrected chi connectivity index (χ0v) is 15.3. The van der Waals surface area contributed by atoms with Crippen LogP contribution in [0.3, 0.4) is 0 Å². The van der Waals surface area contributed by atoms with Crippen LogP contribution in [-0.4, -0.2) is 36.1 Å². The van der Waals surface area contributed by atoms with E-state index in [1.54, 1.807) is 0 Å². The molecule has 2 aliphatic heterocycles. The Bertz CT molecular complexity index is 732. The lowest BCUT2D eigenvalue weighted by molar-refractivity contribution is -0.233. The second kappa shape index (κ2) is 3.94. The van der Waals surface area contributed by atoms with Crippen molar-refractivity contribution in [1.82, 2.24) is 4.90 Å². The van der Waals surface area contributed by atoms with Gasteiger partial charge in [-0.15, -0.1) is 0 Å². The molecule has 9 atom stereocenters. The average Bonchev–Trinajstić information content (AvgIpc) is 3.05. The Kier molecular flexibility index (Phi) is 2.27. The Morgan fingerprint density at radius 3 is 3.00 bits per heavy atom. The van der Waals surface area contributed by atoms with Crippen molar-refractivity contribution in [3.63, 3.8) is 0 Å². The second-order valence-electron chi connectivity index (χ2n) is 10.8. The monoisotopic (exact) mass is 339 g/mol. The molecule has 0 amide bonds. The van der Waals surface area contributed by atoms with Crippen LogP contribution in [-0.2, 0) is 9.53 Å². The number of carbonyl (C=O) groups excluding carboxylic acids is 1. The topological polar surface area (TPSA) is 29.5 Å². The van der Waals surface area contributed by atoms with Gasteiger partial charge in [-0.25, -0.2) is 0 Å². The predicted molar refractivity (Wildman–Crippen MR) is 93.6 cm³/mol. The zero-order valence-electron chi connectivity index (χ0n) is 15.3. The van der Waals surface area contributed by atoms with Crippen LogP contribution in [0.4, 0.5) is 0 Å². The summed E-state index contributed by atoms with van der Waals surface area (Å²) in [4.78, 5) is 16.5. The minimum Gasteiger partial charge on any atom is -0.361 e. The van der Waals surface area contributed by atoms with Crippen LogP contribution in [0.2, 0.25) is 0 Å². The number of piperidine rings is 1. The van der Waals surface area contributed by atoms with E-state index in [-0.39, 0.29) is 28.4 Å². The summed E-state index contributed by atoms with van der Waals surface area (Å²) in [6, 6.07) is 0.618. The fourth-order valence-corrected chi connectivity index (χ4v) is 10.3. The van der Waals surface area contributed by atoms with Gasteiger partial charge in [0.2, 0.25) is 0 Å². The molecule has 2 spiro atoms. The van der Waals surface area contributed by atoms with E-state index in [0.29, 0.717) is 11.8 Å². The molecule has 8 fully saturated rings. The Hall–Kier alpha value is -0.670. The highest BCUT2D eigenvalue weighted by Crippen LogP contribution is 2.83. The molecule has 0 N–H and O–H groups in total. The second-order valence-corrected chi connectivity index (χ2v) is 10.8. The molecule has 0 aromatic heterocycles. The van der Waals surface area contributed by atoms with E-state index in [0.717, 1.165) is 43.7 Å². The molecule has 3 heteroatoms. The van der Waals surface area contributed by atoms with Gasteiger partial charge in [-0.05, 0) is 55.3 Å². The van der Waals surface area contributed by atoms with Crippen molar-refractivity contribution >= 4 is 5.78 Å². The molecule has 6 bridgehead atoms. The minimum absolute atomic E-state index is 0.0533. The van der Waals surface area contributed by atoms with Crippen molar-refractivity contribution in [2.24, 2.45) is 39.9 Å². The van der Waals surface area contributed by atoms with E-state index >= 15 is 0 Å². The molecule has 8 aliphatic rings. The van der Waals surface area contributed by atoms with E-state index in [1.807, 2.05) is 0 Å². The fourth-order valence-electron chi connectivity index (χ4n) is 10.3. The van der Waals surface area contributed by atoms with Crippen LogP contribution in [0.25, 0.3) is 0 Å². The lowest BCUT2D eigenvalue weighted by atomic mass is 9.39. The number of fused-ring (bicyclic) bond motifs is 4. The quantitative estimate of drug-likeness (QED) is 0.634. The first-order chi connectivity index (χ1) is 12.0. The van der Waals surface area contributed by atoms with Gasteiger partial charge in [0.25, 0.3) is 0 Å². The van der Waals surface area contributed by atoms with E-state index in [1.165, 1.54) is 37.7 Å². The Morgan fingerprint density at radius 2 is 2.12 bits per heavy atom. The number of ketones is 1. The van der Waals surface area contributed by atoms with Gasteiger partial charge < -0.3 is 4.74 Å². The van der Waals surface area contributed by atoms with E-state index in [9.17, 15) is 4.79 Å². The summed E-state index contributed by atoms with van der Waals surface area (Å²) in [6.45, 7) is 8.83. The molecular weight excluding hydrogens is 310 g/mol.